The predicted molar refractivity (Wildman–Crippen MR) is 374 cm³/mol. The first-order chi connectivity index (χ1) is 50.7. The van der Waals surface area contributed by atoms with Crippen LogP contribution in [-0.4, -0.2) is 185 Å². The summed E-state index contributed by atoms with van der Waals surface area (Å²) in [6.07, 6.45) is -18.2. The largest absolute Gasteiger partial charge is 0.780 e. The molecule has 108 heavy (non-hydrogen) atoms. The summed E-state index contributed by atoms with van der Waals surface area (Å²) >= 11 is 22.2. The van der Waals surface area contributed by atoms with Crippen molar-refractivity contribution in [2.24, 2.45) is 0 Å². The number of nitrogens with one attached hydrogen (secondary N) is 4. The van der Waals surface area contributed by atoms with Gasteiger partial charge in [-0.1, -0.05) is 42.3 Å². The molecule has 0 spiro atoms. The topological polar surface area (TPSA) is 569 Å². The minimum Gasteiger partial charge on any atom is -0.780 e. The summed E-state index contributed by atoms with van der Waals surface area (Å²) in [5, 5.41) is 11.7. The predicted octanol–water partition coefficient (Wildman–Crippen LogP) is -3.05. The number of fused-ring (bicyclic) bond motifs is 7. The molecule has 6 aromatic heterocycles. The van der Waals surface area contributed by atoms with Crippen molar-refractivity contribution >= 4 is 97.6 Å². The highest BCUT2D eigenvalue weighted by Crippen LogP contribution is 2.62. The highest BCUT2D eigenvalue weighted by atomic mass is 32.7. The molecule has 0 amide bonds. The van der Waals surface area contributed by atoms with Gasteiger partial charge in [0.25, 0.3) is 22.2 Å². The number of rotatable bonds is 26. The Kier molecular flexibility index (Phi) is 21.2. The van der Waals surface area contributed by atoms with Crippen molar-refractivity contribution in [1.29, 1.82) is 0 Å². The van der Waals surface area contributed by atoms with Gasteiger partial charge in [0.2, 0.25) is 5.95 Å². The van der Waals surface area contributed by atoms with Gasteiger partial charge in [0, 0.05) is 59.9 Å². The zero-order chi connectivity index (χ0) is 77.8. The Hall–Kier alpha value is -5.40. The first-order valence-electron chi connectivity index (χ1n) is 33.2. The van der Waals surface area contributed by atoms with Crippen molar-refractivity contribution in [2.75, 3.05) is 37.9 Å². The molecule has 0 aromatic carbocycles. The minimum absolute atomic E-state index is 0.0236. The van der Waals surface area contributed by atoms with Gasteiger partial charge in [-0.25, -0.2) is 24.2 Å². The van der Waals surface area contributed by atoms with Gasteiger partial charge in [-0.15, -0.1) is 0 Å². The van der Waals surface area contributed by atoms with Crippen LogP contribution in [0.1, 0.15) is 100 Å². The number of aliphatic hydroxyl groups is 1. The van der Waals surface area contributed by atoms with Gasteiger partial charge in [0.05, 0.1) is 69.4 Å². The normalized spacial score (nSPS) is 35.6. The molecule has 0 saturated carbocycles. The van der Waals surface area contributed by atoms with Gasteiger partial charge >= 0.3 is 22.8 Å². The van der Waals surface area contributed by atoms with Crippen LogP contribution in [0.2, 0.25) is 0 Å². The third-order valence-corrected chi connectivity index (χ3v) is 26.5. The molecule has 14 heterocycles. The maximum Gasteiger partial charge on any atom is 0.351 e. The van der Waals surface area contributed by atoms with E-state index in [-0.39, 0.29) is 52.5 Å². The first kappa shape index (κ1) is 79.3. The number of ether oxygens (including phenoxy) is 8. The van der Waals surface area contributed by atoms with Crippen molar-refractivity contribution in [3.63, 3.8) is 0 Å². The monoisotopic (exact) mass is 1670 g/mol. The second-order valence-electron chi connectivity index (χ2n) is 27.2. The summed E-state index contributed by atoms with van der Waals surface area (Å²) in [6.45, 7) is -11.2. The van der Waals surface area contributed by atoms with E-state index in [2.05, 4.69) is 34.9 Å². The fourth-order valence-electron chi connectivity index (χ4n) is 14.7. The van der Waals surface area contributed by atoms with Crippen LogP contribution in [0.15, 0.2) is 69.5 Å². The third-order valence-electron chi connectivity index (χ3n) is 20.4. The molecule has 25 atom stereocenters. The van der Waals surface area contributed by atoms with Crippen molar-refractivity contribution < 1.29 is 98.4 Å². The zero-order valence-corrected chi connectivity index (χ0v) is 64.6. The molecule has 43 nitrogen and oxygen atoms in total. The summed E-state index contributed by atoms with van der Waals surface area (Å²) in [5.74, 6) is -0.403. The first-order valence-corrected chi connectivity index (χ1v) is 43.5. The van der Waals surface area contributed by atoms with E-state index in [0.717, 1.165) is 30.8 Å². The number of nitrogens with two attached hydrogens (primary N) is 2. The number of H-pyrrole nitrogens is 4. The van der Waals surface area contributed by atoms with Crippen LogP contribution in [0.5, 0.6) is 0 Å². The van der Waals surface area contributed by atoms with E-state index < -0.39 is 232 Å². The lowest BCUT2D eigenvalue weighted by Crippen LogP contribution is -2.52. The minimum atomic E-state index is -5.17. The maximum atomic E-state index is 15.3. The van der Waals surface area contributed by atoms with E-state index in [0.29, 0.717) is 5.56 Å². The summed E-state index contributed by atoms with van der Waals surface area (Å²) in [4.78, 5) is 169. The number of aromatic amines is 4. The Bertz CT molecular complexity index is 5310. The molecule has 51 heteroatoms. The van der Waals surface area contributed by atoms with Crippen LogP contribution >= 0.6 is 27.0 Å². The van der Waals surface area contributed by atoms with Gasteiger partial charge in [0.1, 0.15) is 98.0 Å². The van der Waals surface area contributed by atoms with Crippen LogP contribution < -0.4 is 71.1 Å². The van der Waals surface area contributed by atoms with Crippen molar-refractivity contribution in [2.45, 2.75) is 202 Å². The van der Waals surface area contributed by atoms with Gasteiger partial charge in [-0.05, 0) is 54.9 Å². The zero-order valence-electron chi connectivity index (χ0n) is 57.8. The van der Waals surface area contributed by atoms with Gasteiger partial charge in [0.15, 0.2) is 36.6 Å². The molecule has 9 N–H and O–H groups in total. The lowest BCUT2D eigenvalue weighted by Gasteiger charge is -2.42. The summed E-state index contributed by atoms with van der Waals surface area (Å²) < 4.78 is 119. The molecule has 6 bridgehead atoms. The summed E-state index contributed by atoms with van der Waals surface area (Å²) in [6, 6.07) is 0. The Morgan fingerprint density at radius 1 is 0.574 bits per heavy atom. The highest BCUT2D eigenvalue weighted by molar-refractivity contribution is 8.32. The second kappa shape index (κ2) is 28.9. The number of nitrogen functional groups attached to an aromatic ring is 2. The molecule has 8 saturated heterocycles. The summed E-state index contributed by atoms with van der Waals surface area (Å²) in [7, 11) is 0. The standard InChI is InChI=1S/C57H74N14O29P4S4/c1-9-28-29(10-32(92-28)67-13-22(3)43(73)64-52(67)78)97-101(81,105)85-16-31-30(11-33(93-31)68-14-23(4)44(74)65-53(68)79)98-102(82,106)87-18-57-27(8)91-37(49(96-57)71-20-60-34-42(71)62-50(59)63-46(34)76)40(57)100-104(84,108)88-19-56-26(7)90-36(48(95-56)70-15-24(5)45(75)66-54(70)80)39(56)99-103(83,107)86-17-55-25(6)89-35(38(55)72)47(94-55)69-12-21(2)41(58)61-51(69)77/h12-15,20,25-33,35-40,47-49,72H,9-11,16-19H2,1-8H3,(H,81,105)(H,82,106)(H,83,107)(H,84,108)(H2,58,61,77)(H,64,73,78)(H,65,74,79)(H,66,75,80)(H3,59,62,63,76)/p-4/t25-,26-,27-,28+,29+,30+,31+,32+,33+,35?,36?,37?,38+,39+,40+,47+,48+,49+,55-,56-,57-,101?,102?,103?,104?/m0/s1. The number of aliphatic hydroxyl groups excluding tert-OH is 1. The molecular formula is C57H70N14O29P4S4-4. The molecule has 8 aliphatic rings. The molecule has 7 unspecified atom stereocenters. The number of aryl methyl sites for hydroxylation is 4. The fraction of sp³-hybridized carbons (Fsp3) is 0.632. The Morgan fingerprint density at radius 2 is 1.02 bits per heavy atom. The molecule has 590 valence electrons. The SMILES string of the molecule is CC[C@H]1O[C@@H](n2cc(C)c(=O)[nH]c2=O)C[C@H]1OP([O-])(=S)OC[C@H]1O[C@@H](n2cc(C)c(=O)[nH]c2=O)C[C@H]1OP(=O)([S-])OC[C@]12O[C@@H](n3cnc4c(=O)[nH]c(N)nc43)C(O[C@H]1C)[C@H]2OP([O-])(=S)OC[C@]12O[C@@H](n3cc(C)c(=O)[nH]c3=O)C(O[C@H]1C)[C@H]2OP([O-])(=S)OC[C@]12O[C@@H](n3cc(C)c(N)nc3=O)C(O[C@H]1C)[C@H]2O. The maximum absolute atomic E-state index is 15.3. The molecule has 8 fully saturated rings. The van der Waals surface area contributed by atoms with E-state index in [1.54, 1.807) is 13.8 Å². The highest BCUT2D eigenvalue weighted by Gasteiger charge is 2.71. The molecule has 8 aliphatic heterocycles. The van der Waals surface area contributed by atoms with Gasteiger partial charge < -0.3 is 118 Å². The second-order valence-corrected chi connectivity index (χ2v) is 38.0. The molecular weight excluding hydrogens is 1600 g/mol. The van der Waals surface area contributed by atoms with E-state index in [1.165, 1.54) is 64.7 Å². The van der Waals surface area contributed by atoms with Crippen molar-refractivity contribution in [3.8, 4) is 0 Å². The quantitative estimate of drug-likeness (QED) is 0.0210. The lowest BCUT2D eigenvalue weighted by molar-refractivity contribution is -0.245. The summed E-state index contributed by atoms with van der Waals surface area (Å²) in [5.41, 5.74) is -0.428. The van der Waals surface area contributed by atoms with Gasteiger partial charge in [-0.2, -0.15) is 9.97 Å². The number of hydrogen-bond acceptors (Lipinski definition) is 38. The van der Waals surface area contributed by atoms with Crippen LogP contribution in [0.25, 0.3) is 11.2 Å². The number of aromatic nitrogens is 12. The smallest absolute Gasteiger partial charge is 0.351 e. The molecule has 0 aliphatic carbocycles. The number of hydrogen-bond donors (Lipinski definition) is 7. The van der Waals surface area contributed by atoms with Crippen LogP contribution in [0.4, 0.5) is 11.8 Å². The molecule has 0 radical (unpaired) electrons. The number of anilines is 2. The Morgan fingerprint density at radius 3 is 1.57 bits per heavy atom. The Balaban J connectivity index is 0.727. The fourth-order valence-corrected chi connectivity index (χ4v) is 20.4. The Labute approximate surface area is 627 Å². The number of imidazole rings is 1. The van der Waals surface area contributed by atoms with E-state index in [1.807, 2.05) is 0 Å². The molecule has 14 rings (SSSR count). The van der Waals surface area contributed by atoms with Crippen molar-refractivity contribution in [1.82, 2.24) is 57.7 Å². The van der Waals surface area contributed by atoms with E-state index >= 15 is 4.89 Å². The van der Waals surface area contributed by atoms with Crippen LogP contribution in [0.3, 0.4) is 0 Å². The van der Waals surface area contributed by atoms with E-state index in [9.17, 15) is 57.8 Å². The van der Waals surface area contributed by atoms with E-state index in [4.69, 9.17) is 133 Å². The lowest BCUT2D eigenvalue weighted by atomic mass is 9.94. The van der Waals surface area contributed by atoms with Crippen molar-refractivity contribution in [3.05, 3.63) is 137 Å². The van der Waals surface area contributed by atoms with Crippen LogP contribution in [0, 0.1) is 27.7 Å². The average molecular weight is 1670 g/mol. The average Bonchev–Trinajstić information content (AvgIpc) is 1.56. The van der Waals surface area contributed by atoms with Crippen LogP contribution in [-0.2, 0) is 126 Å². The molecule has 6 aromatic rings. The number of nitrogens with zero attached hydrogens (tertiary/aromatic N) is 8. The van der Waals surface area contributed by atoms with Gasteiger partial charge in [-0.3, -0.25) is 66.5 Å². The third kappa shape index (κ3) is 14.4.